The molecule has 9 aromatic carbocycles. The molecule has 0 saturated heterocycles. The molecular formula is C46H30. The van der Waals surface area contributed by atoms with E-state index in [1.165, 1.54) is 32.3 Å². The van der Waals surface area contributed by atoms with Gasteiger partial charge in [-0.15, -0.1) is 0 Å². The summed E-state index contributed by atoms with van der Waals surface area (Å²) in [5.41, 5.74) is 8.95. The minimum absolute atomic E-state index is 0.190. The van der Waals surface area contributed by atoms with Gasteiger partial charge in [0.2, 0.25) is 0 Å². The summed E-state index contributed by atoms with van der Waals surface area (Å²) in [5, 5.41) is 7.52. The maximum Gasteiger partial charge on any atom is 0.0629 e. The molecule has 0 N–H and O–H groups in total. The van der Waals surface area contributed by atoms with Crippen molar-refractivity contribution in [3.63, 3.8) is 0 Å². The number of hydrogen-bond acceptors (Lipinski definition) is 0. The van der Waals surface area contributed by atoms with Crippen molar-refractivity contribution in [1.29, 1.82) is 0 Å². The van der Waals surface area contributed by atoms with Crippen molar-refractivity contribution in [2.24, 2.45) is 0 Å². The molecule has 0 heterocycles. The third kappa shape index (κ3) is 4.64. The summed E-state index contributed by atoms with van der Waals surface area (Å²) in [7, 11) is 0. The van der Waals surface area contributed by atoms with Gasteiger partial charge in [-0.05, 0) is 118 Å². The Bertz CT molecular complexity index is 2680. The van der Waals surface area contributed by atoms with Gasteiger partial charge in [0.15, 0.2) is 0 Å². The van der Waals surface area contributed by atoms with Gasteiger partial charge in [0.1, 0.15) is 0 Å². The standard InChI is InChI=1S/C46H30/c1-3-8-31(9-4-1)33-14-16-35(17-15-33)43-28-42(32-10-5-2-6-11-32)29-44(30-43)36-20-18-34(19-21-36)41-26-39-24-22-37-12-7-13-38-23-25-40(27-41)46(39)45(37)38/h1-30H/i2D,5D,6D,10D,11D. The average Bonchev–Trinajstić information content (AvgIpc) is 3.18. The van der Waals surface area contributed by atoms with E-state index < -0.39 is 6.04 Å². The SMILES string of the molecule is [2H]c1c([2H])c([2H])c(-c2cc(-c3ccc(-c4ccccc4)cc3)cc(-c3ccc(-c4cc5ccc6cccc7ccc(c4)c5c67)cc3)c2)c([2H])c1[2H]. The molecule has 0 aliphatic carbocycles. The second-order valence-corrected chi connectivity index (χ2v) is 11.8. The Morgan fingerprint density at radius 1 is 0.261 bits per heavy atom. The first-order valence-electron chi connectivity index (χ1n) is 18.0. The van der Waals surface area contributed by atoms with Crippen LogP contribution in [0.3, 0.4) is 0 Å². The third-order valence-corrected chi connectivity index (χ3v) is 9.06. The van der Waals surface area contributed by atoms with E-state index in [9.17, 15) is 0 Å². The van der Waals surface area contributed by atoms with E-state index in [-0.39, 0.29) is 29.7 Å². The van der Waals surface area contributed by atoms with Crippen LogP contribution in [0, 0.1) is 0 Å². The summed E-state index contributed by atoms with van der Waals surface area (Å²) in [5.74, 6) is 0. The van der Waals surface area contributed by atoms with Gasteiger partial charge in [0.25, 0.3) is 0 Å². The summed E-state index contributed by atoms with van der Waals surface area (Å²) >= 11 is 0. The lowest BCUT2D eigenvalue weighted by atomic mass is 9.90. The fraction of sp³-hybridized carbons (Fsp3) is 0. The molecule has 0 spiro atoms. The van der Waals surface area contributed by atoms with Crippen LogP contribution in [0.5, 0.6) is 0 Å². The summed E-state index contributed by atoms with van der Waals surface area (Å²) < 4.78 is 42.3. The lowest BCUT2D eigenvalue weighted by Crippen LogP contribution is -1.88. The molecule has 0 aliphatic heterocycles. The van der Waals surface area contributed by atoms with E-state index in [1.54, 1.807) is 0 Å². The highest BCUT2D eigenvalue weighted by Gasteiger charge is 2.12. The fourth-order valence-electron chi connectivity index (χ4n) is 6.76. The van der Waals surface area contributed by atoms with Crippen LogP contribution in [0.4, 0.5) is 0 Å². The summed E-state index contributed by atoms with van der Waals surface area (Å²) in [6.45, 7) is 0. The van der Waals surface area contributed by atoms with Crippen LogP contribution >= 0.6 is 0 Å². The van der Waals surface area contributed by atoms with Crippen molar-refractivity contribution in [1.82, 2.24) is 0 Å². The van der Waals surface area contributed by atoms with Crippen LogP contribution in [0.15, 0.2) is 182 Å². The Kier molecular flexibility index (Phi) is 5.12. The largest absolute Gasteiger partial charge is 0.0629 e. The van der Waals surface area contributed by atoms with Gasteiger partial charge in [-0.25, -0.2) is 0 Å². The molecule has 0 atom stereocenters. The molecule has 214 valence electrons. The van der Waals surface area contributed by atoms with E-state index in [4.69, 9.17) is 6.85 Å². The first kappa shape index (κ1) is 21.7. The van der Waals surface area contributed by atoms with Crippen LogP contribution in [0.25, 0.3) is 88.0 Å². The molecule has 0 radical (unpaired) electrons. The van der Waals surface area contributed by atoms with E-state index in [0.717, 1.165) is 44.5 Å². The van der Waals surface area contributed by atoms with Gasteiger partial charge in [0.05, 0.1) is 6.85 Å². The van der Waals surface area contributed by atoms with Gasteiger partial charge in [0, 0.05) is 0 Å². The maximum atomic E-state index is 8.73. The van der Waals surface area contributed by atoms with Crippen LogP contribution in [0.1, 0.15) is 6.85 Å². The van der Waals surface area contributed by atoms with Gasteiger partial charge < -0.3 is 0 Å². The van der Waals surface area contributed by atoms with Gasteiger partial charge >= 0.3 is 0 Å². The lowest BCUT2D eigenvalue weighted by molar-refractivity contribution is 1.55. The Morgan fingerprint density at radius 2 is 0.652 bits per heavy atom. The van der Waals surface area contributed by atoms with Crippen molar-refractivity contribution >= 4 is 32.3 Å². The lowest BCUT2D eigenvalue weighted by Gasteiger charge is -2.14. The molecule has 0 bridgehead atoms. The van der Waals surface area contributed by atoms with E-state index in [1.807, 2.05) is 30.3 Å². The average molecular weight is 588 g/mol. The second kappa shape index (κ2) is 10.9. The third-order valence-electron chi connectivity index (χ3n) is 9.06. The zero-order valence-electron chi connectivity index (χ0n) is 29.9. The van der Waals surface area contributed by atoms with Crippen molar-refractivity contribution < 1.29 is 6.85 Å². The predicted molar refractivity (Wildman–Crippen MR) is 197 cm³/mol. The van der Waals surface area contributed by atoms with Crippen molar-refractivity contribution in [2.75, 3.05) is 0 Å². The molecular weight excluding hydrogens is 553 g/mol. The summed E-state index contributed by atoms with van der Waals surface area (Å²) in [6, 6.07) is 51.2. The second-order valence-electron chi connectivity index (χ2n) is 11.8. The van der Waals surface area contributed by atoms with Crippen LogP contribution < -0.4 is 0 Å². The molecule has 0 nitrogen and oxygen atoms in total. The van der Waals surface area contributed by atoms with Gasteiger partial charge in [-0.2, -0.15) is 0 Å². The normalized spacial score (nSPS) is 13.0. The molecule has 0 saturated carbocycles. The predicted octanol–water partition coefficient (Wildman–Crippen LogP) is 12.9. The Morgan fingerprint density at radius 3 is 1.17 bits per heavy atom. The molecule has 9 rings (SSSR count). The number of rotatable bonds is 5. The van der Waals surface area contributed by atoms with Crippen LogP contribution in [-0.2, 0) is 0 Å². The molecule has 0 aromatic heterocycles. The first-order chi connectivity index (χ1) is 24.8. The zero-order valence-corrected chi connectivity index (χ0v) is 24.9. The highest BCUT2D eigenvalue weighted by Crippen LogP contribution is 2.39. The summed E-state index contributed by atoms with van der Waals surface area (Å²) in [6.07, 6.45) is 0. The number of benzene rings is 9. The molecule has 0 amide bonds. The smallest absolute Gasteiger partial charge is 0.0622 e. The van der Waals surface area contributed by atoms with Crippen molar-refractivity contribution in [3.8, 4) is 55.6 Å². The molecule has 0 unspecified atom stereocenters. The highest BCUT2D eigenvalue weighted by atomic mass is 14.2. The fourth-order valence-corrected chi connectivity index (χ4v) is 6.76. The zero-order chi connectivity index (χ0) is 34.8. The minimum Gasteiger partial charge on any atom is -0.0622 e. The molecule has 9 aromatic rings. The molecule has 0 heteroatoms. The molecule has 0 aliphatic rings. The van der Waals surface area contributed by atoms with Crippen LogP contribution in [0.2, 0.25) is 0 Å². The topological polar surface area (TPSA) is 0 Å². The Labute approximate surface area is 276 Å². The first-order valence-corrected chi connectivity index (χ1v) is 15.5. The Hall–Kier alpha value is -5.98. The number of hydrogen-bond donors (Lipinski definition) is 0. The van der Waals surface area contributed by atoms with Gasteiger partial charge in [-0.1, -0.05) is 152 Å². The quantitative estimate of drug-likeness (QED) is 0.176. The minimum atomic E-state index is -0.399. The monoisotopic (exact) mass is 587 g/mol. The van der Waals surface area contributed by atoms with E-state index in [2.05, 4.69) is 121 Å². The summed E-state index contributed by atoms with van der Waals surface area (Å²) in [4.78, 5) is 0. The van der Waals surface area contributed by atoms with E-state index in [0.29, 0.717) is 5.56 Å². The van der Waals surface area contributed by atoms with Crippen molar-refractivity contribution in [3.05, 3.63) is 182 Å². The Balaban J connectivity index is 1.16. The molecule has 46 heavy (non-hydrogen) atoms. The molecule has 0 fully saturated rings. The van der Waals surface area contributed by atoms with Crippen LogP contribution in [-0.4, -0.2) is 0 Å². The van der Waals surface area contributed by atoms with Gasteiger partial charge in [-0.3, -0.25) is 0 Å². The van der Waals surface area contributed by atoms with Crippen molar-refractivity contribution in [2.45, 2.75) is 0 Å². The van der Waals surface area contributed by atoms with E-state index >= 15 is 0 Å². The highest BCUT2D eigenvalue weighted by molar-refractivity contribution is 6.23. The maximum absolute atomic E-state index is 8.73.